The molecule has 1 aliphatic rings. The molecule has 1 fully saturated rings. The van der Waals surface area contributed by atoms with E-state index in [1.807, 2.05) is 26.1 Å². The van der Waals surface area contributed by atoms with E-state index in [4.69, 9.17) is 5.73 Å². The molecule has 2 rings (SSSR count). The van der Waals surface area contributed by atoms with Crippen molar-refractivity contribution in [1.82, 2.24) is 5.32 Å². The summed E-state index contributed by atoms with van der Waals surface area (Å²) in [5, 5.41) is 3.35. The van der Waals surface area contributed by atoms with Gasteiger partial charge in [0, 0.05) is 24.8 Å². The van der Waals surface area contributed by atoms with Crippen LogP contribution in [0.2, 0.25) is 0 Å². The first-order valence-electron chi connectivity index (χ1n) is 7.33. The molecule has 3 N–H and O–H groups in total. The van der Waals surface area contributed by atoms with E-state index in [0.717, 1.165) is 24.1 Å². The number of primary amides is 1. The number of aryl methyl sites for hydroxylation is 1. The standard InChI is InChI=1S/C16H25N3O/c1-11-4-9-14(16(17)20)15(10-11)19(3)13-7-5-12(18-2)6-8-13/h4,9-10,12-13,18H,5-8H2,1-3H3,(H2,17,20). The number of amides is 1. The first-order valence-corrected chi connectivity index (χ1v) is 7.33. The lowest BCUT2D eigenvalue weighted by atomic mass is 9.90. The molecular formula is C16H25N3O. The van der Waals surface area contributed by atoms with E-state index in [1.165, 1.54) is 12.8 Å². The fourth-order valence-corrected chi connectivity index (χ4v) is 3.09. The molecule has 4 heteroatoms. The molecule has 1 aliphatic carbocycles. The van der Waals surface area contributed by atoms with Gasteiger partial charge in [0.1, 0.15) is 0 Å². The first kappa shape index (κ1) is 14.9. The van der Waals surface area contributed by atoms with Crippen LogP contribution in [0.15, 0.2) is 18.2 Å². The summed E-state index contributed by atoms with van der Waals surface area (Å²) in [7, 11) is 4.10. The Morgan fingerprint density at radius 2 is 1.95 bits per heavy atom. The van der Waals surface area contributed by atoms with Crippen LogP contribution in [0.1, 0.15) is 41.6 Å². The molecule has 0 spiro atoms. The molecule has 0 saturated heterocycles. The average Bonchev–Trinajstić information content (AvgIpc) is 2.46. The topological polar surface area (TPSA) is 58.4 Å². The summed E-state index contributed by atoms with van der Waals surface area (Å²) in [4.78, 5) is 13.8. The molecule has 4 nitrogen and oxygen atoms in total. The number of nitrogens with two attached hydrogens (primary N) is 1. The van der Waals surface area contributed by atoms with E-state index >= 15 is 0 Å². The Morgan fingerprint density at radius 3 is 2.50 bits per heavy atom. The second-order valence-corrected chi connectivity index (χ2v) is 5.79. The monoisotopic (exact) mass is 275 g/mol. The molecule has 0 aromatic heterocycles. The van der Waals surface area contributed by atoms with Crippen LogP contribution >= 0.6 is 0 Å². The Morgan fingerprint density at radius 1 is 1.30 bits per heavy atom. The van der Waals surface area contributed by atoms with Crippen LogP contribution in [0.4, 0.5) is 5.69 Å². The van der Waals surface area contributed by atoms with Gasteiger partial charge >= 0.3 is 0 Å². The van der Waals surface area contributed by atoms with Gasteiger partial charge in [-0.05, 0) is 57.4 Å². The van der Waals surface area contributed by atoms with Crippen LogP contribution in [-0.2, 0) is 0 Å². The Bertz CT molecular complexity index is 479. The molecule has 0 heterocycles. The fourth-order valence-electron chi connectivity index (χ4n) is 3.09. The van der Waals surface area contributed by atoms with Crippen LogP contribution in [0, 0.1) is 6.92 Å². The zero-order valence-electron chi connectivity index (χ0n) is 12.6. The van der Waals surface area contributed by atoms with E-state index in [9.17, 15) is 4.79 Å². The second kappa shape index (κ2) is 6.27. The van der Waals surface area contributed by atoms with E-state index in [0.29, 0.717) is 17.6 Å². The molecule has 1 aromatic rings. The minimum Gasteiger partial charge on any atom is -0.371 e. The third-order valence-corrected chi connectivity index (χ3v) is 4.45. The van der Waals surface area contributed by atoms with Gasteiger partial charge in [-0.2, -0.15) is 0 Å². The summed E-state index contributed by atoms with van der Waals surface area (Å²) in [6.45, 7) is 2.04. The Balaban J connectivity index is 2.18. The average molecular weight is 275 g/mol. The Hall–Kier alpha value is -1.55. The van der Waals surface area contributed by atoms with Gasteiger partial charge in [0.15, 0.2) is 0 Å². The number of rotatable bonds is 4. The fraction of sp³-hybridized carbons (Fsp3) is 0.562. The van der Waals surface area contributed by atoms with Gasteiger partial charge < -0.3 is 16.0 Å². The summed E-state index contributed by atoms with van der Waals surface area (Å²) in [6.07, 6.45) is 4.66. The third kappa shape index (κ3) is 3.12. The molecule has 0 unspecified atom stereocenters. The van der Waals surface area contributed by atoms with Crippen molar-refractivity contribution in [2.45, 2.75) is 44.7 Å². The van der Waals surface area contributed by atoms with Crippen LogP contribution in [0.25, 0.3) is 0 Å². The summed E-state index contributed by atoms with van der Waals surface area (Å²) >= 11 is 0. The Kier molecular flexibility index (Phi) is 4.65. The van der Waals surface area contributed by atoms with Gasteiger partial charge in [0.05, 0.1) is 5.56 Å². The smallest absolute Gasteiger partial charge is 0.250 e. The summed E-state index contributed by atoms with van der Waals surface area (Å²) in [5.41, 5.74) is 8.24. The highest BCUT2D eigenvalue weighted by molar-refractivity contribution is 5.98. The molecule has 1 saturated carbocycles. The van der Waals surface area contributed by atoms with Gasteiger partial charge in [0.25, 0.3) is 5.91 Å². The minimum absolute atomic E-state index is 0.351. The molecule has 110 valence electrons. The predicted octanol–water partition coefficient (Wildman–Crippen LogP) is 2.06. The molecule has 0 aliphatic heterocycles. The number of carbonyl (C=O) groups excluding carboxylic acids is 1. The number of carbonyl (C=O) groups is 1. The maximum Gasteiger partial charge on any atom is 0.250 e. The number of anilines is 1. The highest BCUT2D eigenvalue weighted by Gasteiger charge is 2.25. The second-order valence-electron chi connectivity index (χ2n) is 5.79. The van der Waals surface area contributed by atoms with Crippen molar-refractivity contribution in [2.24, 2.45) is 5.73 Å². The summed E-state index contributed by atoms with van der Waals surface area (Å²) in [6, 6.07) is 6.95. The van der Waals surface area contributed by atoms with Gasteiger partial charge in [-0.15, -0.1) is 0 Å². The van der Waals surface area contributed by atoms with Gasteiger partial charge in [0.2, 0.25) is 0 Å². The van der Waals surface area contributed by atoms with Gasteiger partial charge in [-0.1, -0.05) is 6.07 Å². The van der Waals surface area contributed by atoms with Crippen LogP contribution < -0.4 is 16.0 Å². The summed E-state index contributed by atoms with van der Waals surface area (Å²) < 4.78 is 0. The van der Waals surface area contributed by atoms with Crippen LogP contribution in [0.3, 0.4) is 0 Å². The normalized spacial score (nSPS) is 22.6. The molecule has 0 atom stereocenters. The van der Waals surface area contributed by atoms with E-state index in [1.54, 1.807) is 0 Å². The van der Waals surface area contributed by atoms with E-state index in [2.05, 4.69) is 23.3 Å². The molecular weight excluding hydrogens is 250 g/mol. The van der Waals surface area contributed by atoms with E-state index in [-0.39, 0.29) is 5.91 Å². The van der Waals surface area contributed by atoms with Crippen LogP contribution in [-0.4, -0.2) is 32.1 Å². The van der Waals surface area contributed by atoms with Crippen molar-refractivity contribution in [3.63, 3.8) is 0 Å². The lowest BCUT2D eigenvalue weighted by Crippen LogP contribution is -2.40. The summed E-state index contributed by atoms with van der Waals surface area (Å²) in [5.74, 6) is -0.351. The highest BCUT2D eigenvalue weighted by atomic mass is 16.1. The van der Waals surface area contributed by atoms with Gasteiger partial charge in [-0.3, -0.25) is 4.79 Å². The third-order valence-electron chi connectivity index (χ3n) is 4.45. The van der Waals surface area contributed by atoms with Gasteiger partial charge in [-0.25, -0.2) is 0 Å². The van der Waals surface area contributed by atoms with Crippen molar-refractivity contribution < 1.29 is 4.79 Å². The number of nitrogens with zero attached hydrogens (tertiary/aromatic N) is 1. The van der Waals surface area contributed by atoms with Crippen LogP contribution in [0.5, 0.6) is 0 Å². The van der Waals surface area contributed by atoms with E-state index < -0.39 is 0 Å². The molecule has 1 aromatic carbocycles. The highest BCUT2D eigenvalue weighted by Crippen LogP contribution is 2.29. The van der Waals surface area contributed by atoms with Crippen molar-refractivity contribution in [3.05, 3.63) is 29.3 Å². The molecule has 0 bridgehead atoms. The number of nitrogens with one attached hydrogen (secondary N) is 1. The SMILES string of the molecule is CNC1CCC(N(C)c2cc(C)ccc2C(N)=O)CC1. The van der Waals surface area contributed by atoms with Crippen molar-refractivity contribution in [2.75, 3.05) is 19.0 Å². The van der Waals surface area contributed by atoms with Crippen molar-refractivity contribution in [1.29, 1.82) is 0 Å². The zero-order chi connectivity index (χ0) is 14.7. The lowest BCUT2D eigenvalue weighted by Gasteiger charge is -2.36. The largest absolute Gasteiger partial charge is 0.371 e. The molecule has 1 amide bonds. The van der Waals surface area contributed by atoms with Crippen molar-refractivity contribution >= 4 is 11.6 Å². The quantitative estimate of drug-likeness (QED) is 0.884. The first-order chi connectivity index (χ1) is 9.52. The van der Waals surface area contributed by atoms with Crippen molar-refractivity contribution in [3.8, 4) is 0 Å². The number of hydrogen-bond donors (Lipinski definition) is 2. The molecule has 20 heavy (non-hydrogen) atoms. The maximum absolute atomic E-state index is 11.6. The Labute approximate surface area is 121 Å². The minimum atomic E-state index is -0.351. The zero-order valence-corrected chi connectivity index (χ0v) is 12.6. The number of benzene rings is 1. The maximum atomic E-state index is 11.6. The predicted molar refractivity (Wildman–Crippen MR) is 83.2 cm³/mol. The number of hydrogen-bond acceptors (Lipinski definition) is 3. The molecule has 0 radical (unpaired) electrons. The lowest BCUT2D eigenvalue weighted by molar-refractivity contribution is 0.100.